The van der Waals surface area contributed by atoms with Gasteiger partial charge in [0.1, 0.15) is 0 Å². The molecule has 0 aliphatic rings. The molecule has 0 bridgehead atoms. The van der Waals surface area contributed by atoms with Crippen molar-refractivity contribution < 1.29 is 14.2 Å². The van der Waals surface area contributed by atoms with Crippen molar-refractivity contribution in [1.82, 2.24) is 0 Å². The van der Waals surface area contributed by atoms with Crippen molar-refractivity contribution in [2.75, 3.05) is 20.3 Å². The third kappa shape index (κ3) is 7.69. The minimum absolute atomic E-state index is 0.229. The third-order valence-electron chi connectivity index (χ3n) is 3.98. The first-order chi connectivity index (χ1) is 11.6. The number of unbranched alkanes of at least 4 members (excludes halogenated alkanes) is 1. The van der Waals surface area contributed by atoms with Gasteiger partial charge in [0.2, 0.25) is 0 Å². The SMILES string of the molecule is CCCCO/C=C(\C)c1ccc(/C(C)=C/OCCC(C)OC)cc1. The molecule has 0 heterocycles. The summed E-state index contributed by atoms with van der Waals surface area (Å²) in [7, 11) is 1.72. The van der Waals surface area contributed by atoms with Gasteiger partial charge in [-0.3, -0.25) is 0 Å². The van der Waals surface area contributed by atoms with Crippen molar-refractivity contribution in [3.05, 3.63) is 47.9 Å². The first-order valence-electron chi connectivity index (χ1n) is 8.78. The fourth-order valence-corrected chi connectivity index (χ4v) is 2.08. The van der Waals surface area contributed by atoms with Gasteiger partial charge in [-0.2, -0.15) is 0 Å². The van der Waals surface area contributed by atoms with Crippen LogP contribution in [-0.2, 0) is 14.2 Å². The minimum atomic E-state index is 0.229. The first-order valence-corrected chi connectivity index (χ1v) is 8.78. The summed E-state index contributed by atoms with van der Waals surface area (Å²) in [5.41, 5.74) is 4.60. The zero-order chi connectivity index (χ0) is 17.8. The van der Waals surface area contributed by atoms with Crippen LogP contribution in [0.4, 0.5) is 0 Å². The first kappa shape index (κ1) is 20.3. The van der Waals surface area contributed by atoms with E-state index in [-0.39, 0.29) is 6.10 Å². The molecule has 0 saturated heterocycles. The van der Waals surface area contributed by atoms with Crippen molar-refractivity contribution in [1.29, 1.82) is 0 Å². The van der Waals surface area contributed by atoms with Crippen LogP contribution in [0.15, 0.2) is 36.8 Å². The summed E-state index contributed by atoms with van der Waals surface area (Å²) >= 11 is 0. The molecule has 1 atom stereocenters. The zero-order valence-electron chi connectivity index (χ0n) is 15.8. The second kappa shape index (κ2) is 11.7. The van der Waals surface area contributed by atoms with Gasteiger partial charge >= 0.3 is 0 Å². The molecule has 0 fully saturated rings. The largest absolute Gasteiger partial charge is 0.501 e. The maximum atomic E-state index is 5.60. The van der Waals surface area contributed by atoms with Crippen LogP contribution >= 0.6 is 0 Å². The van der Waals surface area contributed by atoms with Gasteiger partial charge in [-0.25, -0.2) is 0 Å². The summed E-state index contributed by atoms with van der Waals surface area (Å²) in [5, 5.41) is 0. The lowest BCUT2D eigenvalue weighted by Crippen LogP contribution is -2.07. The molecule has 0 N–H and O–H groups in total. The van der Waals surface area contributed by atoms with Gasteiger partial charge in [-0.1, -0.05) is 37.6 Å². The molecule has 24 heavy (non-hydrogen) atoms. The summed E-state index contributed by atoms with van der Waals surface area (Å²) in [6.07, 6.45) is 7.05. The van der Waals surface area contributed by atoms with Crippen LogP contribution in [0.5, 0.6) is 0 Å². The summed E-state index contributed by atoms with van der Waals surface area (Å²) in [6.45, 7) is 9.79. The number of benzene rings is 1. The van der Waals surface area contributed by atoms with Crippen LogP contribution in [0.1, 0.15) is 58.1 Å². The van der Waals surface area contributed by atoms with E-state index in [1.54, 1.807) is 7.11 Å². The molecule has 0 saturated carbocycles. The van der Waals surface area contributed by atoms with Crippen molar-refractivity contribution in [2.24, 2.45) is 0 Å². The van der Waals surface area contributed by atoms with Gasteiger partial charge < -0.3 is 14.2 Å². The molecule has 0 radical (unpaired) electrons. The van der Waals surface area contributed by atoms with Crippen molar-refractivity contribution in [3.63, 3.8) is 0 Å². The lowest BCUT2D eigenvalue weighted by atomic mass is 10.0. The van der Waals surface area contributed by atoms with E-state index in [0.717, 1.165) is 37.0 Å². The Hall–Kier alpha value is -1.74. The highest BCUT2D eigenvalue weighted by atomic mass is 16.5. The lowest BCUT2D eigenvalue weighted by Gasteiger charge is -2.09. The molecule has 0 spiro atoms. The number of hydrogen-bond acceptors (Lipinski definition) is 3. The van der Waals surface area contributed by atoms with Gasteiger partial charge in [-0.05, 0) is 49.5 Å². The monoisotopic (exact) mass is 332 g/mol. The molecule has 0 amide bonds. The molecule has 1 aromatic rings. The number of ether oxygens (including phenoxy) is 3. The highest BCUT2D eigenvalue weighted by molar-refractivity contribution is 5.68. The van der Waals surface area contributed by atoms with Gasteiger partial charge in [0, 0.05) is 13.5 Å². The summed E-state index contributed by atoms with van der Waals surface area (Å²) < 4.78 is 16.4. The Kier molecular flexibility index (Phi) is 9.94. The Morgan fingerprint density at radius 2 is 1.46 bits per heavy atom. The maximum Gasteiger partial charge on any atom is 0.0898 e. The maximum absolute atomic E-state index is 5.60. The normalized spacial score (nSPS) is 13.7. The van der Waals surface area contributed by atoms with Gasteiger partial charge in [0.15, 0.2) is 0 Å². The minimum Gasteiger partial charge on any atom is -0.501 e. The summed E-state index contributed by atoms with van der Waals surface area (Å²) in [6, 6.07) is 8.47. The average molecular weight is 332 g/mol. The molecule has 1 aromatic carbocycles. The molecule has 3 heteroatoms. The topological polar surface area (TPSA) is 27.7 Å². The van der Waals surface area contributed by atoms with Crippen LogP contribution in [0.25, 0.3) is 11.1 Å². The Morgan fingerprint density at radius 1 is 0.958 bits per heavy atom. The van der Waals surface area contributed by atoms with Gasteiger partial charge in [-0.15, -0.1) is 0 Å². The number of rotatable bonds is 11. The van der Waals surface area contributed by atoms with Crippen LogP contribution in [0.2, 0.25) is 0 Å². The predicted octanol–water partition coefficient (Wildman–Crippen LogP) is 5.67. The lowest BCUT2D eigenvalue weighted by molar-refractivity contribution is 0.0877. The standard InChI is InChI=1S/C21H32O3/c1-6-7-13-23-15-17(2)20-8-10-21(11-9-20)18(3)16-24-14-12-19(4)22-5/h8-11,15-16,19H,6-7,12-14H2,1-5H3/b17-15+,18-16+. The van der Waals surface area contributed by atoms with Crippen LogP contribution in [0.3, 0.4) is 0 Å². The van der Waals surface area contributed by atoms with Crippen LogP contribution < -0.4 is 0 Å². The Morgan fingerprint density at radius 3 is 1.92 bits per heavy atom. The van der Waals surface area contributed by atoms with E-state index in [0.29, 0.717) is 6.61 Å². The van der Waals surface area contributed by atoms with E-state index in [4.69, 9.17) is 14.2 Å². The molecule has 0 aliphatic carbocycles. The quantitative estimate of drug-likeness (QED) is 0.386. The van der Waals surface area contributed by atoms with E-state index < -0.39 is 0 Å². The Bertz CT molecular complexity index is 514. The molecular formula is C21H32O3. The zero-order valence-corrected chi connectivity index (χ0v) is 15.8. The number of methoxy groups -OCH3 is 1. The second-order valence-electron chi connectivity index (χ2n) is 6.11. The Balaban J connectivity index is 2.53. The third-order valence-corrected chi connectivity index (χ3v) is 3.98. The van der Waals surface area contributed by atoms with Crippen molar-refractivity contribution in [3.8, 4) is 0 Å². The molecular weight excluding hydrogens is 300 g/mol. The van der Waals surface area contributed by atoms with Crippen molar-refractivity contribution in [2.45, 2.75) is 53.1 Å². The van der Waals surface area contributed by atoms with E-state index in [2.05, 4.69) is 45.0 Å². The second-order valence-corrected chi connectivity index (χ2v) is 6.11. The molecule has 1 unspecified atom stereocenters. The van der Waals surface area contributed by atoms with E-state index >= 15 is 0 Å². The van der Waals surface area contributed by atoms with Crippen LogP contribution in [-0.4, -0.2) is 26.4 Å². The summed E-state index contributed by atoms with van der Waals surface area (Å²) in [4.78, 5) is 0. The van der Waals surface area contributed by atoms with E-state index in [1.165, 1.54) is 11.1 Å². The van der Waals surface area contributed by atoms with Crippen LogP contribution in [0, 0.1) is 0 Å². The molecule has 0 aromatic heterocycles. The molecule has 0 aliphatic heterocycles. The smallest absolute Gasteiger partial charge is 0.0898 e. The highest BCUT2D eigenvalue weighted by Gasteiger charge is 2.01. The van der Waals surface area contributed by atoms with E-state index in [9.17, 15) is 0 Å². The number of hydrogen-bond donors (Lipinski definition) is 0. The molecule has 1 rings (SSSR count). The fraction of sp³-hybridized carbons (Fsp3) is 0.524. The van der Waals surface area contributed by atoms with Crippen molar-refractivity contribution >= 4 is 11.1 Å². The fourth-order valence-electron chi connectivity index (χ4n) is 2.08. The number of allylic oxidation sites excluding steroid dienone is 2. The summed E-state index contributed by atoms with van der Waals surface area (Å²) in [5.74, 6) is 0. The highest BCUT2D eigenvalue weighted by Crippen LogP contribution is 2.19. The molecule has 3 nitrogen and oxygen atoms in total. The molecule has 134 valence electrons. The average Bonchev–Trinajstić information content (AvgIpc) is 2.61. The van der Waals surface area contributed by atoms with Gasteiger partial charge in [0.05, 0.1) is 31.8 Å². The van der Waals surface area contributed by atoms with E-state index in [1.807, 2.05) is 19.4 Å². The Labute approximate surface area is 147 Å². The predicted molar refractivity (Wildman–Crippen MR) is 102 cm³/mol. The van der Waals surface area contributed by atoms with Gasteiger partial charge in [0.25, 0.3) is 0 Å².